The summed E-state index contributed by atoms with van der Waals surface area (Å²) in [6, 6.07) is 12.3. The summed E-state index contributed by atoms with van der Waals surface area (Å²) in [5.41, 5.74) is 9.11. The van der Waals surface area contributed by atoms with Gasteiger partial charge in [-0.25, -0.2) is 20.0 Å². The average Bonchev–Trinajstić information content (AvgIpc) is 3.57. The number of fused-ring (bicyclic) bond motifs is 3. The summed E-state index contributed by atoms with van der Waals surface area (Å²) in [5, 5.41) is 3.48. The summed E-state index contributed by atoms with van der Waals surface area (Å²) in [5.74, 6) is 2.85. The Balaban J connectivity index is 1.35. The number of ether oxygens (including phenoxy) is 2. The zero-order chi connectivity index (χ0) is 25.5. The largest absolute Gasteiger partial charge is 0.372 e. The molecular weight excluding hydrogens is 462 g/mol. The van der Waals surface area contributed by atoms with Crippen LogP contribution in [0.25, 0.3) is 0 Å². The maximum atomic E-state index is 5.96. The summed E-state index contributed by atoms with van der Waals surface area (Å²) in [4.78, 5) is 19.7. The van der Waals surface area contributed by atoms with Gasteiger partial charge in [-0.15, -0.1) is 0 Å². The molecule has 3 aromatic rings. The van der Waals surface area contributed by atoms with Crippen LogP contribution in [-0.2, 0) is 22.3 Å². The van der Waals surface area contributed by atoms with Gasteiger partial charge in [-0.2, -0.15) is 0 Å². The van der Waals surface area contributed by atoms with Crippen molar-refractivity contribution in [3.8, 4) is 0 Å². The highest BCUT2D eigenvalue weighted by Gasteiger charge is 2.29. The SMILES string of the molecule is CCO[C@@H]1CCc2c(C)cc(N=C3N=C(Nc4cc(C)c5c(n4)[C@H](OCC)CC5)c4ccccc43)nc21. The van der Waals surface area contributed by atoms with E-state index in [9.17, 15) is 0 Å². The van der Waals surface area contributed by atoms with Crippen LogP contribution in [0.2, 0.25) is 0 Å². The van der Waals surface area contributed by atoms with Crippen molar-refractivity contribution in [2.75, 3.05) is 18.5 Å². The molecule has 7 heteroatoms. The van der Waals surface area contributed by atoms with E-state index >= 15 is 0 Å². The molecule has 0 fully saturated rings. The van der Waals surface area contributed by atoms with Gasteiger partial charge in [-0.05, 0) is 87.8 Å². The molecule has 1 N–H and O–H groups in total. The summed E-state index contributed by atoms with van der Waals surface area (Å²) in [6.45, 7) is 9.71. The normalized spacial score (nSPS) is 20.6. The predicted octanol–water partition coefficient (Wildman–Crippen LogP) is 6.09. The average molecular weight is 496 g/mol. The number of pyridine rings is 2. The molecule has 190 valence electrons. The van der Waals surface area contributed by atoms with Gasteiger partial charge >= 0.3 is 0 Å². The molecular formula is C30H33N5O2. The van der Waals surface area contributed by atoms with E-state index in [0.29, 0.717) is 24.9 Å². The first kappa shape index (κ1) is 23.9. The van der Waals surface area contributed by atoms with Crippen LogP contribution >= 0.6 is 0 Å². The predicted molar refractivity (Wildman–Crippen MR) is 146 cm³/mol. The molecule has 2 aromatic heterocycles. The second-order valence-electron chi connectivity index (χ2n) is 9.88. The van der Waals surface area contributed by atoms with Crippen molar-refractivity contribution in [1.82, 2.24) is 9.97 Å². The van der Waals surface area contributed by atoms with Gasteiger partial charge in [-0.1, -0.05) is 24.3 Å². The third-order valence-corrected chi connectivity index (χ3v) is 7.51. The van der Waals surface area contributed by atoms with Gasteiger partial charge in [0, 0.05) is 24.3 Å². The highest BCUT2D eigenvalue weighted by molar-refractivity contribution is 6.26. The van der Waals surface area contributed by atoms with Crippen LogP contribution in [0.3, 0.4) is 0 Å². The van der Waals surface area contributed by atoms with Gasteiger partial charge in [0.05, 0.1) is 11.4 Å². The van der Waals surface area contributed by atoms with Crippen molar-refractivity contribution in [1.29, 1.82) is 0 Å². The van der Waals surface area contributed by atoms with Crippen LogP contribution in [-0.4, -0.2) is 34.9 Å². The molecule has 37 heavy (non-hydrogen) atoms. The van der Waals surface area contributed by atoms with Gasteiger partial charge in [-0.3, -0.25) is 0 Å². The highest BCUT2D eigenvalue weighted by atomic mass is 16.5. The Morgan fingerprint density at radius 2 is 1.49 bits per heavy atom. The Morgan fingerprint density at radius 1 is 0.865 bits per heavy atom. The van der Waals surface area contributed by atoms with Crippen LogP contribution in [0, 0.1) is 13.8 Å². The standard InChI is InChI=1S/C30H33N5O2/c1-5-36-23-13-11-19-17(3)15-25(31-27(19)23)33-29-21-9-7-8-10-22(21)30(35-29)34-26-16-18(4)20-12-14-24(37-6-2)28(20)32-26/h7-10,15-16,23-24H,5-6,11-14H2,1-4H3,(H,31,32,33,34,35)/t23-,24-/m1/s1. The van der Waals surface area contributed by atoms with Gasteiger partial charge in [0.15, 0.2) is 11.7 Å². The zero-order valence-electron chi connectivity index (χ0n) is 22.0. The van der Waals surface area contributed by atoms with Gasteiger partial charge < -0.3 is 14.8 Å². The molecule has 2 atom stereocenters. The first-order chi connectivity index (χ1) is 18.1. The van der Waals surface area contributed by atoms with E-state index in [2.05, 4.69) is 43.4 Å². The Morgan fingerprint density at radius 3 is 2.16 bits per heavy atom. The molecule has 7 nitrogen and oxygen atoms in total. The molecule has 2 aliphatic carbocycles. The number of anilines is 1. The van der Waals surface area contributed by atoms with Gasteiger partial charge in [0.1, 0.15) is 23.9 Å². The third-order valence-electron chi connectivity index (χ3n) is 7.51. The second-order valence-corrected chi connectivity index (χ2v) is 9.88. The number of rotatable bonds is 6. The number of aliphatic imine (C=N–C) groups is 2. The lowest BCUT2D eigenvalue weighted by molar-refractivity contribution is 0.0613. The smallest absolute Gasteiger partial charge is 0.164 e. The van der Waals surface area contributed by atoms with Crippen LogP contribution < -0.4 is 5.32 Å². The molecule has 0 spiro atoms. The van der Waals surface area contributed by atoms with Crippen molar-refractivity contribution >= 4 is 23.3 Å². The summed E-state index contributed by atoms with van der Waals surface area (Å²) >= 11 is 0. The fourth-order valence-corrected chi connectivity index (χ4v) is 5.81. The number of hydrogen-bond donors (Lipinski definition) is 1. The first-order valence-corrected chi connectivity index (χ1v) is 13.3. The molecule has 0 saturated heterocycles. The van der Waals surface area contributed by atoms with E-state index < -0.39 is 0 Å². The Kier molecular flexibility index (Phi) is 6.34. The molecule has 3 heterocycles. The number of hydrogen-bond acceptors (Lipinski definition) is 6. The monoisotopic (exact) mass is 495 g/mol. The minimum Gasteiger partial charge on any atom is -0.372 e. The van der Waals surface area contributed by atoms with Crippen molar-refractivity contribution in [3.05, 3.63) is 81.2 Å². The van der Waals surface area contributed by atoms with E-state index in [1.54, 1.807) is 0 Å². The lowest BCUT2D eigenvalue weighted by Crippen LogP contribution is -2.14. The third kappa shape index (κ3) is 4.36. The summed E-state index contributed by atoms with van der Waals surface area (Å²) in [6.07, 6.45) is 4.08. The van der Waals surface area contributed by atoms with Crippen molar-refractivity contribution in [3.63, 3.8) is 0 Å². The lowest BCUT2D eigenvalue weighted by Gasteiger charge is -2.14. The topological polar surface area (TPSA) is 81.0 Å². The molecule has 1 aliphatic heterocycles. The van der Waals surface area contributed by atoms with E-state index in [0.717, 1.165) is 59.9 Å². The van der Waals surface area contributed by atoms with E-state index in [1.807, 2.05) is 26.0 Å². The molecule has 0 radical (unpaired) electrons. The summed E-state index contributed by atoms with van der Waals surface area (Å²) < 4.78 is 11.9. The van der Waals surface area contributed by atoms with Crippen LogP contribution in [0.5, 0.6) is 0 Å². The molecule has 0 amide bonds. The summed E-state index contributed by atoms with van der Waals surface area (Å²) in [7, 11) is 0. The number of benzene rings is 1. The van der Waals surface area contributed by atoms with Crippen LogP contribution in [0.15, 0.2) is 46.4 Å². The number of aryl methyl sites for hydroxylation is 2. The fraction of sp³-hybridized carbons (Fsp3) is 0.400. The fourth-order valence-electron chi connectivity index (χ4n) is 5.81. The van der Waals surface area contributed by atoms with Crippen LogP contribution in [0.1, 0.15) is 83.7 Å². The highest BCUT2D eigenvalue weighted by Crippen LogP contribution is 2.37. The second kappa shape index (κ2) is 9.80. The van der Waals surface area contributed by atoms with Gasteiger partial charge in [0.2, 0.25) is 0 Å². The number of amidine groups is 2. The van der Waals surface area contributed by atoms with E-state index in [-0.39, 0.29) is 12.2 Å². The Hall–Kier alpha value is -3.42. The zero-order valence-corrected chi connectivity index (χ0v) is 22.0. The van der Waals surface area contributed by atoms with E-state index in [1.165, 1.54) is 22.3 Å². The molecule has 0 unspecified atom stereocenters. The van der Waals surface area contributed by atoms with Crippen molar-refractivity contribution in [2.24, 2.45) is 9.98 Å². The minimum absolute atomic E-state index is 0.0464. The Labute approximate surface area is 218 Å². The maximum Gasteiger partial charge on any atom is 0.164 e. The molecule has 3 aliphatic rings. The molecule has 6 rings (SSSR count). The Bertz CT molecular complexity index is 1430. The molecule has 0 saturated carbocycles. The van der Waals surface area contributed by atoms with Crippen molar-refractivity contribution < 1.29 is 9.47 Å². The minimum atomic E-state index is 0.0464. The van der Waals surface area contributed by atoms with E-state index in [4.69, 9.17) is 29.4 Å². The maximum absolute atomic E-state index is 5.96. The molecule has 1 aromatic carbocycles. The van der Waals surface area contributed by atoms with Crippen LogP contribution in [0.4, 0.5) is 11.6 Å². The number of nitrogens with zero attached hydrogens (tertiary/aromatic N) is 4. The lowest BCUT2D eigenvalue weighted by atomic mass is 10.1. The number of aromatic nitrogens is 2. The van der Waals surface area contributed by atoms with Gasteiger partial charge in [0.25, 0.3) is 0 Å². The molecule has 0 bridgehead atoms. The van der Waals surface area contributed by atoms with Crippen molar-refractivity contribution in [2.45, 2.75) is 65.6 Å². The first-order valence-electron chi connectivity index (χ1n) is 13.3. The number of nitrogens with one attached hydrogen (secondary N) is 1. The quantitative estimate of drug-likeness (QED) is 0.447.